The van der Waals surface area contributed by atoms with Crippen molar-refractivity contribution in [2.75, 3.05) is 24.9 Å². The first-order valence-electron chi connectivity index (χ1n) is 4.85. The summed E-state index contributed by atoms with van der Waals surface area (Å²) in [5.41, 5.74) is 4.56. The fourth-order valence-corrected chi connectivity index (χ4v) is 1.96. The fourth-order valence-electron chi connectivity index (χ4n) is 1.13. The van der Waals surface area contributed by atoms with Gasteiger partial charge in [-0.3, -0.25) is 10.8 Å². The summed E-state index contributed by atoms with van der Waals surface area (Å²) in [6, 6.07) is 3.81. The number of nitrogens with one attached hydrogen (secondary N) is 1. The van der Waals surface area contributed by atoms with Gasteiger partial charge in [0.05, 0.1) is 11.4 Å². The van der Waals surface area contributed by atoms with Gasteiger partial charge in [-0.25, -0.2) is 0 Å². The number of methoxy groups -OCH3 is 1. The minimum Gasteiger partial charge on any atom is -0.385 e. The molecular weight excluding hydrogens is 210 g/mol. The molecule has 0 saturated heterocycles. The summed E-state index contributed by atoms with van der Waals surface area (Å²) >= 11 is 1.85. The first kappa shape index (κ1) is 12.3. The maximum absolute atomic E-state index is 5.31. The normalized spacial score (nSPS) is 10.3. The van der Waals surface area contributed by atoms with Crippen molar-refractivity contribution >= 4 is 17.4 Å². The summed E-state index contributed by atoms with van der Waals surface area (Å²) in [6.45, 7) is 0.824. The second-order valence-corrected chi connectivity index (χ2v) is 4.18. The Morgan fingerprint density at radius 3 is 3.20 bits per heavy atom. The standard InChI is InChI=1S/C10H17N3OS/c1-14-5-2-6-15-8-10-7-9(13-11)3-4-12-10/h3-4,7H,2,5-6,8,11H2,1H3,(H,12,13). The Balaban J connectivity index is 2.24. The summed E-state index contributed by atoms with van der Waals surface area (Å²) in [5.74, 6) is 7.32. The van der Waals surface area contributed by atoms with Crippen LogP contribution < -0.4 is 11.3 Å². The molecule has 0 unspecified atom stereocenters. The number of aromatic nitrogens is 1. The van der Waals surface area contributed by atoms with Crippen LogP contribution in [-0.4, -0.2) is 24.5 Å². The van der Waals surface area contributed by atoms with Gasteiger partial charge < -0.3 is 10.2 Å². The molecule has 0 atom stereocenters. The SMILES string of the molecule is COCCCSCc1cc(NN)ccn1. The van der Waals surface area contributed by atoms with Crippen molar-refractivity contribution in [1.82, 2.24) is 4.98 Å². The number of thioether (sulfide) groups is 1. The molecule has 1 aromatic heterocycles. The van der Waals surface area contributed by atoms with E-state index in [2.05, 4.69) is 10.4 Å². The summed E-state index contributed by atoms with van der Waals surface area (Å²) in [4.78, 5) is 4.26. The number of nitrogens with zero attached hydrogens (tertiary/aromatic N) is 1. The van der Waals surface area contributed by atoms with Gasteiger partial charge in [0, 0.05) is 25.7 Å². The Morgan fingerprint density at radius 1 is 1.60 bits per heavy atom. The number of rotatable bonds is 7. The average molecular weight is 227 g/mol. The third-order valence-electron chi connectivity index (χ3n) is 1.87. The molecule has 1 rings (SSSR count). The van der Waals surface area contributed by atoms with E-state index in [1.807, 2.05) is 23.9 Å². The van der Waals surface area contributed by atoms with E-state index in [1.54, 1.807) is 13.3 Å². The van der Waals surface area contributed by atoms with Gasteiger partial charge in [0.2, 0.25) is 0 Å². The Bertz CT molecular complexity index is 283. The number of pyridine rings is 1. The van der Waals surface area contributed by atoms with E-state index >= 15 is 0 Å². The van der Waals surface area contributed by atoms with E-state index in [4.69, 9.17) is 10.6 Å². The van der Waals surface area contributed by atoms with Gasteiger partial charge in [0.1, 0.15) is 0 Å². The zero-order valence-corrected chi connectivity index (χ0v) is 9.72. The van der Waals surface area contributed by atoms with Gasteiger partial charge in [0.15, 0.2) is 0 Å². The predicted octanol–water partition coefficient (Wildman–Crippen LogP) is 1.64. The number of nitrogen functional groups attached to an aromatic ring is 1. The van der Waals surface area contributed by atoms with Crippen LogP contribution >= 0.6 is 11.8 Å². The lowest BCUT2D eigenvalue weighted by atomic mass is 10.3. The van der Waals surface area contributed by atoms with Crippen LogP contribution in [0.3, 0.4) is 0 Å². The molecule has 1 heterocycles. The molecule has 0 aliphatic rings. The number of ether oxygens (including phenoxy) is 1. The van der Waals surface area contributed by atoms with Crippen LogP contribution in [0.15, 0.2) is 18.3 Å². The molecule has 0 aromatic carbocycles. The molecule has 3 N–H and O–H groups in total. The van der Waals surface area contributed by atoms with Crippen molar-refractivity contribution in [3.63, 3.8) is 0 Å². The highest BCUT2D eigenvalue weighted by molar-refractivity contribution is 7.98. The molecule has 4 nitrogen and oxygen atoms in total. The van der Waals surface area contributed by atoms with Crippen molar-refractivity contribution in [3.05, 3.63) is 24.0 Å². The Morgan fingerprint density at radius 2 is 2.47 bits per heavy atom. The van der Waals surface area contributed by atoms with Gasteiger partial charge >= 0.3 is 0 Å². The highest BCUT2D eigenvalue weighted by Gasteiger charge is 1.96. The Hall–Kier alpha value is -0.780. The summed E-state index contributed by atoms with van der Waals surface area (Å²) in [7, 11) is 1.72. The molecule has 15 heavy (non-hydrogen) atoms. The second-order valence-electron chi connectivity index (χ2n) is 3.08. The molecular formula is C10H17N3OS. The van der Waals surface area contributed by atoms with Gasteiger partial charge in [0.25, 0.3) is 0 Å². The number of hydrogen-bond donors (Lipinski definition) is 2. The summed E-state index contributed by atoms with van der Waals surface area (Å²) in [6.07, 6.45) is 2.84. The first-order chi connectivity index (χ1) is 7.36. The van der Waals surface area contributed by atoms with E-state index in [0.29, 0.717) is 0 Å². The minimum atomic E-state index is 0.824. The third kappa shape index (κ3) is 5.01. The Kier molecular flexibility index (Phi) is 6.15. The van der Waals surface area contributed by atoms with Crippen molar-refractivity contribution in [2.24, 2.45) is 5.84 Å². The molecule has 0 bridgehead atoms. The molecule has 0 amide bonds. The van der Waals surface area contributed by atoms with Crippen molar-refractivity contribution < 1.29 is 4.74 Å². The topological polar surface area (TPSA) is 60.2 Å². The average Bonchev–Trinajstić information content (AvgIpc) is 2.29. The van der Waals surface area contributed by atoms with Crippen molar-refractivity contribution in [2.45, 2.75) is 12.2 Å². The van der Waals surface area contributed by atoms with E-state index in [-0.39, 0.29) is 0 Å². The Labute approximate surface area is 94.6 Å². The highest BCUT2D eigenvalue weighted by atomic mass is 32.2. The van der Waals surface area contributed by atoms with Crippen LogP contribution in [0.1, 0.15) is 12.1 Å². The first-order valence-corrected chi connectivity index (χ1v) is 6.00. The van der Waals surface area contributed by atoms with Crippen LogP contribution in [0.4, 0.5) is 5.69 Å². The van der Waals surface area contributed by atoms with Crippen molar-refractivity contribution in [3.8, 4) is 0 Å². The number of anilines is 1. The lowest BCUT2D eigenvalue weighted by Gasteiger charge is -2.03. The van der Waals surface area contributed by atoms with Gasteiger partial charge in [-0.15, -0.1) is 0 Å². The molecule has 1 aromatic rings. The maximum atomic E-state index is 5.31. The largest absolute Gasteiger partial charge is 0.385 e. The molecule has 0 radical (unpaired) electrons. The van der Waals surface area contributed by atoms with Crippen LogP contribution in [0.5, 0.6) is 0 Å². The van der Waals surface area contributed by atoms with Crippen LogP contribution in [-0.2, 0) is 10.5 Å². The second kappa shape index (κ2) is 7.50. The molecule has 0 aliphatic carbocycles. The van der Waals surface area contributed by atoms with E-state index < -0.39 is 0 Å². The number of nitrogens with two attached hydrogens (primary N) is 1. The number of hydrogen-bond acceptors (Lipinski definition) is 5. The van der Waals surface area contributed by atoms with Gasteiger partial charge in [-0.2, -0.15) is 11.8 Å². The lowest BCUT2D eigenvalue weighted by molar-refractivity contribution is 0.200. The van der Waals surface area contributed by atoms with Gasteiger partial charge in [-0.1, -0.05) is 0 Å². The zero-order chi connectivity index (χ0) is 10.9. The predicted molar refractivity (Wildman–Crippen MR) is 64.7 cm³/mol. The zero-order valence-electron chi connectivity index (χ0n) is 8.90. The van der Waals surface area contributed by atoms with Crippen LogP contribution in [0.25, 0.3) is 0 Å². The van der Waals surface area contributed by atoms with Gasteiger partial charge in [-0.05, 0) is 24.3 Å². The molecule has 84 valence electrons. The molecule has 0 fully saturated rings. The molecule has 0 saturated carbocycles. The summed E-state index contributed by atoms with van der Waals surface area (Å²) < 4.78 is 4.98. The third-order valence-corrected chi connectivity index (χ3v) is 2.95. The van der Waals surface area contributed by atoms with Crippen LogP contribution in [0, 0.1) is 0 Å². The fraction of sp³-hybridized carbons (Fsp3) is 0.500. The highest BCUT2D eigenvalue weighted by Crippen LogP contribution is 2.14. The monoisotopic (exact) mass is 227 g/mol. The maximum Gasteiger partial charge on any atom is 0.0523 e. The number of hydrazine groups is 1. The minimum absolute atomic E-state index is 0.824. The van der Waals surface area contributed by atoms with E-state index in [9.17, 15) is 0 Å². The molecule has 0 spiro atoms. The smallest absolute Gasteiger partial charge is 0.0523 e. The van der Waals surface area contributed by atoms with Crippen LogP contribution in [0.2, 0.25) is 0 Å². The van der Waals surface area contributed by atoms with Crippen molar-refractivity contribution in [1.29, 1.82) is 0 Å². The van der Waals surface area contributed by atoms with E-state index in [1.165, 1.54) is 0 Å². The van der Waals surface area contributed by atoms with E-state index in [0.717, 1.165) is 35.9 Å². The molecule has 5 heteroatoms. The quantitative estimate of drug-likeness (QED) is 0.421. The lowest BCUT2D eigenvalue weighted by Crippen LogP contribution is -2.07. The molecule has 0 aliphatic heterocycles. The summed E-state index contributed by atoms with van der Waals surface area (Å²) in [5, 5.41) is 0.